The van der Waals surface area contributed by atoms with Gasteiger partial charge in [0.2, 0.25) is 0 Å². The maximum atomic E-state index is 16.0. The van der Waals surface area contributed by atoms with Crippen molar-refractivity contribution in [3.05, 3.63) is 35.9 Å². The highest BCUT2D eigenvalue weighted by atomic mass is 28.4. The van der Waals surface area contributed by atoms with Crippen LogP contribution in [0.25, 0.3) is 0 Å². The third kappa shape index (κ3) is 5.89. The molecule has 0 aliphatic carbocycles. The average Bonchev–Trinajstić information content (AvgIpc) is 2.53. The Morgan fingerprint density at radius 1 is 1.08 bits per heavy atom. The van der Waals surface area contributed by atoms with Crippen molar-refractivity contribution in [2.75, 3.05) is 13.2 Å². The van der Waals surface area contributed by atoms with E-state index >= 15 is 4.11 Å². The Morgan fingerprint density at radius 2 is 1.62 bits per heavy atom. The van der Waals surface area contributed by atoms with Gasteiger partial charge in [-0.2, -0.15) is 0 Å². The summed E-state index contributed by atoms with van der Waals surface area (Å²) in [4.78, 5) is 12.0. The fourth-order valence-corrected chi connectivity index (χ4v) is 6.71. The maximum Gasteiger partial charge on any atom is 0.394 e. The molecule has 1 aromatic carbocycles. The number of benzene rings is 1. The van der Waals surface area contributed by atoms with Gasteiger partial charge in [0, 0.05) is 23.1 Å². The molecule has 0 aromatic heterocycles. The second-order valence-corrected chi connectivity index (χ2v) is 13.1. The molecule has 1 rings (SSSR count). The summed E-state index contributed by atoms with van der Waals surface area (Å²) in [5.74, 6) is -0.413. The number of carbonyl (C=O) groups excluding carboxylic acids is 1. The van der Waals surface area contributed by atoms with Crippen LogP contribution < -0.4 is 0 Å². The molecule has 6 heteroatoms. The molecule has 1 N–H and O–H groups in total. The lowest BCUT2D eigenvalue weighted by Gasteiger charge is -2.45. The van der Waals surface area contributed by atoms with E-state index in [1.165, 1.54) is 0 Å². The monoisotopic (exact) mass is 384 g/mol. The van der Waals surface area contributed by atoms with Crippen molar-refractivity contribution in [3.63, 3.8) is 0 Å². The summed E-state index contributed by atoms with van der Waals surface area (Å²) in [5, 5.41) is 8.11. The molecule has 0 spiro atoms. The van der Waals surface area contributed by atoms with Crippen LogP contribution >= 0.6 is 0 Å². The first-order chi connectivity index (χ1) is 11.9. The summed E-state index contributed by atoms with van der Waals surface area (Å²) in [6, 6.07) is 8.73. The number of carbonyl (C=O) groups is 1. The van der Waals surface area contributed by atoms with Crippen molar-refractivity contribution in [3.8, 4) is 0 Å². The predicted octanol–water partition coefficient (Wildman–Crippen LogP) is 5.01. The summed E-state index contributed by atoms with van der Waals surface area (Å²) < 4.78 is 27.3. The van der Waals surface area contributed by atoms with Crippen molar-refractivity contribution in [1.29, 1.82) is 0 Å². The van der Waals surface area contributed by atoms with E-state index in [-0.39, 0.29) is 13.2 Å². The lowest BCUT2D eigenvalue weighted by Crippen LogP contribution is -2.53. The molecule has 0 heterocycles. The summed E-state index contributed by atoms with van der Waals surface area (Å²) in [6.07, 6.45) is 0.177. The van der Waals surface area contributed by atoms with E-state index < -0.39 is 30.8 Å². The molecule has 0 saturated carbocycles. The largest absolute Gasteiger partial charge is 0.462 e. The Balaban J connectivity index is 2.75. The minimum Gasteiger partial charge on any atom is -0.462 e. The van der Waals surface area contributed by atoms with Crippen LogP contribution in [0, 0.1) is 0 Å². The van der Waals surface area contributed by atoms with Gasteiger partial charge >= 0.3 is 14.6 Å². The van der Waals surface area contributed by atoms with Crippen LogP contribution in [-0.2, 0) is 9.16 Å². The van der Waals surface area contributed by atoms with Gasteiger partial charge in [0.05, 0.1) is 18.3 Å². The number of ether oxygens (including phenoxy) is 1. The van der Waals surface area contributed by atoms with Crippen LogP contribution in [0.3, 0.4) is 0 Å². The van der Waals surface area contributed by atoms with Crippen molar-refractivity contribution in [2.24, 2.45) is 0 Å². The zero-order valence-electron chi connectivity index (χ0n) is 16.8. The quantitative estimate of drug-likeness (QED) is 0.389. The molecule has 0 aliphatic heterocycles. The van der Waals surface area contributed by atoms with E-state index in [1.54, 1.807) is 24.3 Å². The van der Waals surface area contributed by atoms with Crippen LogP contribution in [0.1, 0.15) is 64.7 Å². The second-order valence-electron chi connectivity index (χ2n) is 8.64. The molecule has 0 fully saturated rings. The fourth-order valence-electron chi connectivity index (χ4n) is 3.06. The smallest absolute Gasteiger partial charge is 0.394 e. The molecule has 148 valence electrons. The predicted molar refractivity (Wildman–Crippen MR) is 104 cm³/mol. The number of esters is 1. The Kier molecular flexibility index (Phi) is 7.98. The number of rotatable bonds is 8. The summed E-state index contributed by atoms with van der Waals surface area (Å²) in [5.41, 5.74) is 0.478. The number of hydrogen-bond acceptors (Lipinski definition) is 4. The van der Waals surface area contributed by atoms with E-state index in [2.05, 4.69) is 0 Å². The van der Waals surface area contributed by atoms with Gasteiger partial charge in [0.25, 0.3) is 0 Å². The first-order valence-corrected chi connectivity index (χ1v) is 10.9. The van der Waals surface area contributed by atoms with Crippen LogP contribution in [-0.4, -0.2) is 39.0 Å². The zero-order chi connectivity index (χ0) is 20.0. The average molecular weight is 385 g/mol. The Bertz CT molecular complexity index is 549. The second kappa shape index (κ2) is 9.11. The molecule has 26 heavy (non-hydrogen) atoms. The van der Waals surface area contributed by atoms with Gasteiger partial charge in [-0.1, -0.05) is 59.7 Å². The van der Waals surface area contributed by atoms with Crippen LogP contribution in [0.2, 0.25) is 10.1 Å². The van der Waals surface area contributed by atoms with Crippen LogP contribution in [0.4, 0.5) is 4.11 Å². The normalized spacial score (nSPS) is 14.2. The molecule has 0 saturated heterocycles. The van der Waals surface area contributed by atoms with E-state index in [0.717, 1.165) is 0 Å². The van der Waals surface area contributed by atoms with Crippen molar-refractivity contribution in [2.45, 2.75) is 70.6 Å². The molecule has 0 radical (unpaired) electrons. The number of aliphatic hydroxyl groups excluding tert-OH is 1. The lowest BCUT2D eigenvalue weighted by atomic mass is 10.2. The number of hydrogen-bond donors (Lipinski definition) is 1. The van der Waals surface area contributed by atoms with E-state index in [4.69, 9.17) is 9.16 Å². The first kappa shape index (κ1) is 22.8. The van der Waals surface area contributed by atoms with Crippen molar-refractivity contribution in [1.82, 2.24) is 0 Å². The summed E-state index contributed by atoms with van der Waals surface area (Å²) >= 11 is 0. The highest BCUT2D eigenvalue weighted by Crippen LogP contribution is 2.53. The molecule has 1 unspecified atom stereocenters. The third-order valence-corrected chi connectivity index (χ3v) is 8.91. The Hall–Kier alpha value is -1.24. The standard InChI is InChI=1S/C20H33FO4Si/c1-19(2,3)26(21,20(4,5)6)25-17(12-14-22)13-15-24-18(23)16-10-8-7-9-11-16/h7-11,17,22H,12-15H2,1-6H3. The SMILES string of the molecule is CC(C)(C)[Si](F)(OC(CCO)CCOC(=O)c1ccccc1)C(C)(C)C. The molecule has 1 atom stereocenters. The highest BCUT2D eigenvalue weighted by Gasteiger charge is 2.58. The molecule has 0 amide bonds. The third-order valence-electron chi connectivity index (χ3n) is 4.39. The topological polar surface area (TPSA) is 55.8 Å². The van der Waals surface area contributed by atoms with Gasteiger partial charge in [-0.3, -0.25) is 4.11 Å². The van der Waals surface area contributed by atoms with Gasteiger partial charge in [0.15, 0.2) is 0 Å². The Labute approximate surface area is 158 Å². The van der Waals surface area contributed by atoms with Crippen LogP contribution in [0.5, 0.6) is 0 Å². The molecule has 0 bridgehead atoms. The summed E-state index contributed by atoms with van der Waals surface area (Å²) in [7, 11) is -3.65. The van der Waals surface area contributed by atoms with E-state index in [1.807, 2.05) is 47.6 Å². The van der Waals surface area contributed by atoms with Crippen LogP contribution in [0.15, 0.2) is 30.3 Å². The molecular weight excluding hydrogens is 351 g/mol. The molecule has 1 aromatic rings. The molecule has 0 aliphatic rings. The highest BCUT2D eigenvalue weighted by molar-refractivity contribution is 6.72. The molecular formula is C20H33FO4Si. The fraction of sp³-hybridized carbons (Fsp3) is 0.650. The van der Waals surface area contributed by atoms with Crippen molar-refractivity contribution < 1.29 is 23.2 Å². The molecule has 4 nitrogen and oxygen atoms in total. The van der Waals surface area contributed by atoms with Gasteiger partial charge in [-0.05, 0) is 18.6 Å². The summed E-state index contributed by atoms with van der Waals surface area (Å²) in [6.45, 7) is 11.2. The van der Waals surface area contributed by atoms with E-state index in [0.29, 0.717) is 18.4 Å². The Morgan fingerprint density at radius 3 is 2.08 bits per heavy atom. The maximum absolute atomic E-state index is 16.0. The lowest BCUT2D eigenvalue weighted by molar-refractivity contribution is 0.0387. The van der Waals surface area contributed by atoms with Gasteiger partial charge < -0.3 is 14.3 Å². The van der Waals surface area contributed by atoms with Crippen molar-refractivity contribution >= 4 is 14.6 Å². The van der Waals surface area contributed by atoms with Gasteiger partial charge in [-0.25, -0.2) is 4.79 Å². The van der Waals surface area contributed by atoms with E-state index in [9.17, 15) is 9.90 Å². The first-order valence-electron chi connectivity index (χ1n) is 9.12. The minimum atomic E-state index is -3.65. The number of halogens is 1. The minimum absolute atomic E-state index is 0.101. The number of aliphatic hydroxyl groups is 1. The zero-order valence-corrected chi connectivity index (χ0v) is 17.8. The van der Waals surface area contributed by atoms with Gasteiger partial charge in [-0.15, -0.1) is 0 Å². The van der Waals surface area contributed by atoms with Gasteiger partial charge in [0.1, 0.15) is 0 Å².